The van der Waals surface area contributed by atoms with Crippen LogP contribution in [0.4, 0.5) is 39.5 Å². The molecule has 4 heterocycles. The van der Waals surface area contributed by atoms with Gasteiger partial charge in [-0.25, -0.2) is 15.0 Å². The number of hydrogen-bond donors (Lipinski definition) is 0. The van der Waals surface area contributed by atoms with Crippen molar-refractivity contribution in [2.24, 2.45) is 0 Å². The third-order valence-electron chi connectivity index (χ3n) is 7.60. The molecule has 0 saturated carbocycles. The van der Waals surface area contributed by atoms with Gasteiger partial charge in [-0.1, -0.05) is 36.4 Å². The summed E-state index contributed by atoms with van der Waals surface area (Å²) in [6.07, 6.45) is -13.4. The minimum atomic E-state index is -4.47. The number of benzene rings is 3. The molecule has 3 aromatic carbocycles. The van der Waals surface area contributed by atoms with Gasteiger partial charge in [0.05, 0.1) is 31.3 Å². The minimum absolute atomic E-state index is 0.270. The van der Waals surface area contributed by atoms with Crippen LogP contribution in [-0.2, 0) is 18.5 Å². The average Bonchev–Trinajstić information content (AvgIpc) is 3.89. The summed E-state index contributed by atoms with van der Waals surface area (Å²) in [6.45, 7) is 0. The van der Waals surface area contributed by atoms with Crippen LogP contribution in [0.5, 0.6) is 0 Å². The van der Waals surface area contributed by atoms with Crippen molar-refractivity contribution in [3.05, 3.63) is 126 Å². The molecule has 0 amide bonds. The first-order valence-corrected chi connectivity index (χ1v) is 17.2. The average molecular weight is 760 g/mol. The molecule has 3 nitrogen and oxygen atoms in total. The molecule has 0 aliphatic rings. The van der Waals surface area contributed by atoms with Gasteiger partial charge in [0.1, 0.15) is 0 Å². The minimum Gasteiger partial charge on any atom is -0.206 e. The van der Waals surface area contributed by atoms with E-state index in [0.717, 1.165) is 36.4 Å². The Balaban J connectivity index is 1.26. The van der Waals surface area contributed by atoms with Crippen molar-refractivity contribution in [1.82, 2.24) is 15.0 Å². The molecule has 7 aromatic rings. The Labute approximate surface area is 295 Å². The van der Waals surface area contributed by atoms with Crippen molar-refractivity contribution in [3.8, 4) is 63.4 Å². The molecule has 258 valence electrons. The summed E-state index contributed by atoms with van der Waals surface area (Å²) in [5.74, 6) is 0.811. The monoisotopic (exact) mass is 759 g/mol. The molecule has 4 aromatic heterocycles. The number of hydrogen-bond acceptors (Lipinski definition) is 6. The fourth-order valence-electron chi connectivity index (χ4n) is 5.02. The number of alkyl halides is 9. The Bertz CT molecular complexity index is 2040. The Morgan fingerprint density at radius 2 is 0.510 bits per heavy atom. The van der Waals surface area contributed by atoms with Crippen molar-refractivity contribution in [2.75, 3.05) is 0 Å². The normalized spacial score (nSPS) is 12.4. The first-order chi connectivity index (χ1) is 24.1. The Kier molecular flexibility index (Phi) is 8.84. The predicted molar refractivity (Wildman–Crippen MR) is 181 cm³/mol. The molecule has 0 unspecified atom stereocenters. The number of halogens is 9. The van der Waals surface area contributed by atoms with E-state index < -0.39 is 35.2 Å². The van der Waals surface area contributed by atoms with Gasteiger partial charge in [-0.15, -0.1) is 34.0 Å². The molecule has 7 rings (SSSR count). The Morgan fingerprint density at radius 1 is 0.294 bits per heavy atom. The summed E-state index contributed by atoms with van der Waals surface area (Å²) in [4.78, 5) is 17.9. The second kappa shape index (κ2) is 13.0. The second-order valence-corrected chi connectivity index (χ2v) is 14.3. The molecule has 0 saturated heterocycles. The van der Waals surface area contributed by atoms with Crippen LogP contribution in [0.25, 0.3) is 63.4 Å². The smallest absolute Gasteiger partial charge is 0.206 e. The first kappa shape index (κ1) is 34.6. The number of thiophene rings is 3. The van der Waals surface area contributed by atoms with Gasteiger partial charge < -0.3 is 0 Å². The van der Waals surface area contributed by atoms with Gasteiger partial charge in [0.25, 0.3) is 0 Å². The highest BCUT2D eigenvalue weighted by Gasteiger charge is 2.32. The zero-order valence-corrected chi connectivity index (χ0v) is 27.8. The quantitative estimate of drug-likeness (QED) is 0.159. The van der Waals surface area contributed by atoms with Gasteiger partial charge >= 0.3 is 18.5 Å². The van der Waals surface area contributed by atoms with Gasteiger partial charge in [0.15, 0.2) is 17.5 Å². The molecule has 15 heteroatoms. The van der Waals surface area contributed by atoms with Crippen LogP contribution in [0.2, 0.25) is 0 Å². The summed E-state index contributed by atoms with van der Waals surface area (Å²) >= 11 is 3.78. The molecule has 51 heavy (non-hydrogen) atoms. The number of aromatic nitrogens is 3. The van der Waals surface area contributed by atoms with Crippen molar-refractivity contribution >= 4 is 34.0 Å². The molecule has 0 bridgehead atoms. The standard InChI is InChI=1S/C36H18F9N3S3/c37-34(38,39)22-7-1-19(2-8-22)25-13-16-28(49-25)31-46-32(29-17-14-26(50-29)20-3-9-23(10-4-20)35(40,41)42)48-33(47-31)30-18-15-27(51-30)21-5-11-24(12-6-21)36(43,44)45/h1-18H. The Hall–Kier alpha value is -4.86. The van der Waals surface area contributed by atoms with Crippen LogP contribution in [-0.4, -0.2) is 15.0 Å². The molecule has 0 aliphatic carbocycles. The number of rotatable bonds is 6. The van der Waals surface area contributed by atoms with Crippen molar-refractivity contribution in [3.63, 3.8) is 0 Å². The van der Waals surface area contributed by atoms with E-state index in [4.69, 9.17) is 15.0 Å². The molecule has 0 fully saturated rings. The highest BCUT2D eigenvalue weighted by molar-refractivity contribution is 7.19. The summed E-state index contributed by atoms with van der Waals surface area (Å²) in [7, 11) is 0. The zero-order valence-electron chi connectivity index (χ0n) is 25.4. The van der Waals surface area contributed by atoms with Gasteiger partial charge in [-0.2, -0.15) is 39.5 Å². The maximum Gasteiger partial charge on any atom is 0.416 e. The molecule has 0 atom stereocenters. The molecule has 0 N–H and O–H groups in total. The largest absolute Gasteiger partial charge is 0.416 e. The SMILES string of the molecule is FC(F)(F)c1ccc(-c2ccc(-c3nc(-c4ccc(-c5ccc(C(F)(F)F)cc5)s4)nc(-c4ccc(-c5ccc(C(F)(F)F)cc5)s4)n3)s2)cc1. The topological polar surface area (TPSA) is 38.7 Å². The fourth-order valence-corrected chi connectivity index (χ4v) is 7.85. The number of nitrogens with zero attached hydrogens (tertiary/aromatic N) is 3. The highest BCUT2D eigenvalue weighted by atomic mass is 32.1. The summed E-state index contributed by atoms with van der Waals surface area (Å²) in [6, 6.07) is 24.8. The van der Waals surface area contributed by atoms with E-state index in [9.17, 15) is 39.5 Å². The van der Waals surface area contributed by atoms with E-state index in [2.05, 4.69) is 0 Å². The predicted octanol–water partition coefficient (Wildman–Crippen LogP) is 13.1. The third-order valence-corrected chi connectivity index (χ3v) is 11.0. The highest BCUT2D eigenvalue weighted by Crippen LogP contribution is 2.41. The van der Waals surface area contributed by atoms with Crippen LogP contribution in [0.1, 0.15) is 16.7 Å². The van der Waals surface area contributed by atoms with Crippen LogP contribution in [0.15, 0.2) is 109 Å². The van der Waals surface area contributed by atoms with E-state index in [1.54, 1.807) is 36.4 Å². The van der Waals surface area contributed by atoms with Gasteiger partial charge in [-0.3, -0.25) is 0 Å². The summed E-state index contributed by atoms with van der Waals surface area (Å²) in [5.41, 5.74) is -0.623. The van der Waals surface area contributed by atoms with Crippen LogP contribution in [0, 0.1) is 0 Å². The summed E-state index contributed by atoms with van der Waals surface area (Å²) in [5, 5.41) is 0. The van der Waals surface area contributed by atoms with Crippen molar-refractivity contribution < 1.29 is 39.5 Å². The van der Waals surface area contributed by atoms with Crippen LogP contribution in [0.3, 0.4) is 0 Å². The zero-order chi connectivity index (χ0) is 36.1. The van der Waals surface area contributed by atoms with Crippen molar-refractivity contribution in [1.29, 1.82) is 0 Å². The third kappa shape index (κ3) is 7.46. The lowest BCUT2D eigenvalue weighted by molar-refractivity contribution is -0.138. The molecular formula is C36H18F9N3S3. The van der Waals surface area contributed by atoms with E-state index >= 15 is 0 Å². The van der Waals surface area contributed by atoms with Gasteiger partial charge in [0.2, 0.25) is 0 Å². The van der Waals surface area contributed by atoms with Crippen molar-refractivity contribution in [2.45, 2.75) is 18.5 Å². The van der Waals surface area contributed by atoms with Gasteiger partial charge in [-0.05, 0) is 89.5 Å². The lowest BCUT2D eigenvalue weighted by Gasteiger charge is -2.07. The lowest BCUT2D eigenvalue weighted by Crippen LogP contribution is -2.03. The second-order valence-electron chi connectivity index (χ2n) is 11.0. The maximum atomic E-state index is 13.1. The summed E-state index contributed by atoms with van der Waals surface area (Å²) < 4.78 is 118. The fraction of sp³-hybridized carbons (Fsp3) is 0.0833. The van der Waals surface area contributed by atoms with E-state index in [1.807, 2.05) is 0 Å². The molecule has 0 radical (unpaired) electrons. The first-order valence-electron chi connectivity index (χ1n) is 14.7. The van der Waals surface area contributed by atoms with Crippen LogP contribution < -0.4 is 0 Å². The van der Waals surface area contributed by atoms with E-state index in [-0.39, 0.29) is 17.5 Å². The molecular weight excluding hydrogens is 742 g/mol. The molecule has 0 aliphatic heterocycles. The Morgan fingerprint density at radius 3 is 0.725 bits per heavy atom. The van der Waals surface area contributed by atoms with Gasteiger partial charge in [0, 0.05) is 14.6 Å². The van der Waals surface area contributed by atoms with E-state index in [0.29, 0.717) is 46.0 Å². The maximum absolute atomic E-state index is 13.1. The van der Waals surface area contributed by atoms with E-state index in [1.165, 1.54) is 70.4 Å². The van der Waals surface area contributed by atoms with Crippen LogP contribution >= 0.6 is 34.0 Å². The lowest BCUT2D eigenvalue weighted by atomic mass is 10.1. The molecule has 0 spiro atoms.